The maximum atomic E-state index is 2.08. The van der Waals surface area contributed by atoms with E-state index in [1.807, 2.05) is 35.2 Å². The monoisotopic (exact) mass is 130 g/mol. The Bertz CT molecular complexity index is 274. The number of hydrogen-bond acceptors (Lipinski definition) is 0. The van der Waals surface area contributed by atoms with E-state index in [1.54, 1.807) is 0 Å². The van der Waals surface area contributed by atoms with E-state index in [1.165, 1.54) is 5.57 Å². The van der Waals surface area contributed by atoms with Crippen LogP contribution in [-0.2, 0) is 0 Å². The van der Waals surface area contributed by atoms with Gasteiger partial charge in [0, 0.05) is 17.7 Å². The molecule has 0 atom stereocenters. The molecule has 2 rings (SSSR count). The molecule has 0 aromatic rings. The van der Waals surface area contributed by atoms with Crippen molar-refractivity contribution in [3.63, 3.8) is 0 Å². The molecule has 2 aliphatic rings. The van der Waals surface area contributed by atoms with Crippen molar-refractivity contribution in [2.45, 2.75) is 0 Å². The van der Waals surface area contributed by atoms with Crippen molar-refractivity contribution in [3.8, 4) is 0 Å². The zero-order valence-electron chi connectivity index (χ0n) is 5.57. The van der Waals surface area contributed by atoms with E-state index in [4.69, 9.17) is 0 Å². The van der Waals surface area contributed by atoms with E-state index < -0.39 is 0 Å². The van der Waals surface area contributed by atoms with Crippen molar-refractivity contribution in [2.75, 3.05) is 0 Å². The molecule has 0 saturated heterocycles. The minimum Gasteiger partial charge on any atom is -0.173 e. The minimum absolute atomic E-state index is 1.27. The second kappa shape index (κ2) is 2.10. The summed E-state index contributed by atoms with van der Waals surface area (Å²) in [5.74, 6) is 0. The largest absolute Gasteiger partial charge is 0.181 e. The lowest BCUT2D eigenvalue weighted by molar-refractivity contribution is -0.367. The molecule has 0 spiro atoms. The maximum Gasteiger partial charge on any atom is 0.181 e. The highest BCUT2D eigenvalue weighted by Crippen LogP contribution is 2.05. The summed E-state index contributed by atoms with van der Waals surface area (Å²) in [7, 11) is 0. The van der Waals surface area contributed by atoms with Crippen LogP contribution in [-0.4, -0.2) is 10.8 Å². The molecule has 0 unspecified atom stereocenters. The zero-order valence-corrected chi connectivity index (χ0v) is 5.57. The smallest absolute Gasteiger partial charge is 0.173 e. The quantitative estimate of drug-likeness (QED) is 0.474. The molecular formula is C9H8N+. The van der Waals surface area contributed by atoms with Crippen LogP contribution in [0.3, 0.4) is 0 Å². The van der Waals surface area contributed by atoms with E-state index in [0.717, 1.165) is 0 Å². The highest BCUT2D eigenvalue weighted by atomic mass is 15.0. The Morgan fingerprint density at radius 2 is 1.80 bits per heavy atom. The number of hydrogen-bond donors (Lipinski definition) is 0. The third-order valence-corrected chi connectivity index (χ3v) is 1.50. The van der Waals surface area contributed by atoms with Crippen molar-refractivity contribution in [1.82, 2.24) is 0 Å². The zero-order chi connectivity index (χ0) is 6.81. The summed E-state index contributed by atoms with van der Waals surface area (Å²) >= 11 is 0. The average Bonchev–Trinajstić information content (AvgIpc) is 2.29. The van der Waals surface area contributed by atoms with Gasteiger partial charge in [0.1, 0.15) is 0 Å². The summed E-state index contributed by atoms with van der Waals surface area (Å²) in [6.45, 7) is 0. The molecule has 1 aliphatic carbocycles. The van der Waals surface area contributed by atoms with Gasteiger partial charge in [-0.25, -0.2) is 0 Å². The van der Waals surface area contributed by atoms with Crippen LogP contribution in [0.5, 0.6) is 0 Å². The van der Waals surface area contributed by atoms with Crippen LogP contribution in [0.15, 0.2) is 48.4 Å². The predicted octanol–water partition coefficient (Wildman–Crippen LogP) is 1.61. The van der Waals surface area contributed by atoms with Gasteiger partial charge in [-0.05, 0) is 12.2 Å². The second-order valence-electron chi connectivity index (χ2n) is 2.29. The molecule has 0 amide bonds. The van der Waals surface area contributed by atoms with Crippen LogP contribution < -0.4 is 0 Å². The van der Waals surface area contributed by atoms with Gasteiger partial charge in [0.05, 0.1) is 0 Å². The van der Waals surface area contributed by atoms with Gasteiger partial charge >= 0.3 is 0 Å². The van der Waals surface area contributed by atoms with Gasteiger partial charge in [-0.15, -0.1) is 0 Å². The van der Waals surface area contributed by atoms with Crippen molar-refractivity contribution >= 4 is 6.21 Å². The van der Waals surface area contributed by atoms with Gasteiger partial charge < -0.3 is 0 Å². The highest BCUT2D eigenvalue weighted by molar-refractivity contribution is 5.82. The Balaban J connectivity index is 2.17. The Hall–Kier alpha value is -1.37. The minimum atomic E-state index is 1.27. The van der Waals surface area contributed by atoms with E-state index in [-0.39, 0.29) is 0 Å². The van der Waals surface area contributed by atoms with Crippen LogP contribution in [0, 0.1) is 0 Å². The second-order valence-corrected chi connectivity index (χ2v) is 2.29. The molecule has 1 aliphatic heterocycles. The fraction of sp³-hybridized carbons (Fsp3) is 0. The number of allylic oxidation sites excluding steroid dienone is 6. The van der Waals surface area contributed by atoms with Crippen molar-refractivity contribution < 1.29 is 4.58 Å². The lowest BCUT2D eigenvalue weighted by atomic mass is 10.1. The summed E-state index contributed by atoms with van der Waals surface area (Å²) in [5, 5.41) is 0. The van der Waals surface area contributed by atoms with Gasteiger partial charge in [-0.2, -0.15) is 4.58 Å². The summed E-state index contributed by atoms with van der Waals surface area (Å²) in [6, 6.07) is 0. The summed E-state index contributed by atoms with van der Waals surface area (Å²) in [6.07, 6.45) is 16.4. The third kappa shape index (κ3) is 0.860. The first-order chi connectivity index (χ1) is 4.95. The molecule has 10 heavy (non-hydrogen) atoms. The van der Waals surface area contributed by atoms with Crippen LogP contribution >= 0.6 is 0 Å². The Morgan fingerprint density at radius 3 is 2.30 bits per heavy atom. The van der Waals surface area contributed by atoms with E-state index in [0.29, 0.717) is 0 Å². The molecule has 0 fully saturated rings. The molecule has 0 bridgehead atoms. The Labute approximate surface area is 60.0 Å². The topological polar surface area (TPSA) is 3.01 Å². The van der Waals surface area contributed by atoms with Crippen molar-refractivity contribution in [2.24, 2.45) is 0 Å². The highest BCUT2D eigenvalue weighted by Gasteiger charge is 2.02. The number of nitrogens with zero attached hydrogens (tertiary/aromatic N) is 1. The van der Waals surface area contributed by atoms with Crippen molar-refractivity contribution in [3.05, 3.63) is 48.4 Å². The standard InChI is InChI=1S/C9H8N/c1-2-7-10(6-1)8-9-4-3-5-9/h1-8H/q+1. The van der Waals surface area contributed by atoms with E-state index >= 15 is 0 Å². The molecule has 48 valence electrons. The van der Waals surface area contributed by atoms with E-state index in [9.17, 15) is 0 Å². The summed E-state index contributed by atoms with van der Waals surface area (Å²) in [5.41, 5.74) is 1.27. The fourth-order valence-electron chi connectivity index (χ4n) is 0.899. The summed E-state index contributed by atoms with van der Waals surface area (Å²) in [4.78, 5) is 0. The average molecular weight is 130 g/mol. The first-order valence-corrected chi connectivity index (χ1v) is 3.31. The van der Waals surface area contributed by atoms with Crippen molar-refractivity contribution in [1.29, 1.82) is 0 Å². The van der Waals surface area contributed by atoms with E-state index in [2.05, 4.69) is 18.4 Å². The maximum absolute atomic E-state index is 2.08. The van der Waals surface area contributed by atoms with Crippen LogP contribution in [0.2, 0.25) is 0 Å². The molecule has 0 aromatic carbocycles. The summed E-state index contributed by atoms with van der Waals surface area (Å²) < 4.78 is 2.04. The van der Waals surface area contributed by atoms with Crippen LogP contribution in [0.4, 0.5) is 0 Å². The molecule has 0 saturated carbocycles. The predicted molar refractivity (Wildman–Crippen MR) is 41.8 cm³/mol. The molecule has 1 heteroatoms. The SMILES string of the molecule is C1=CC(C=[N+]2C=CC=C2)=C1. The Kier molecular flexibility index (Phi) is 1.14. The Morgan fingerprint density at radius 1 is 1.10 bits per heavy atom. The normalized spacial score (nSPS) is 19.2. The van der Waals surface area contributed by atoms with Gasteiger partial charge in [0.2, 0.25) is 0 Å². The third-order valence-electron chi connectivity index (χ3n) is 1.50. The molecular weight excluding hydrogens is 122 g/mol. The molecule has 0 aromatic heterocycles. The first kappa shape index (κ1) is 5.42. The molecule has 0 N–H and O–H groups in total. The fourth-order valence-corrected chi connectivity index (χ4v) is 0.899. The van der Waals surface area contributed by atoms with Crippen LogP contribution in [0.25, 0.3) is 0 Å². The molecule has 1 nitrogen and oxygen atoms in total. The van der Waals surface area contributed by atoms with Gasteiger partial charge in [-0.1, -0.05) is 6.08 Å². The first-order valence-electron chi connectivity index (χ1n) is 3.31. The van der Waals surface area contributed by atoms with Crippen LogP contribution in [0.1, 0.15) is 0 Å². The lowest BCUT2D eigenvalue weighted by Gasteiger charge is -1.94. The molecule has 1 heterocycles. The molecule has 0 radical (unpaired) electrons. The number of rotatable bonds is 1. The van der Waals surface area contributed by atoms with Gasteiger partial charge in [0.25, 0.3) is 0 Å². The lowest BCUT2D eigenvalue weighted by Crippen LogP contribution is -1.97. The van der Waals surface area contributed by atoms with Gasteiger partial charge in [0.15, 0.2) is 18.6 Å². The van der Waals surface area contributed by atoms with Gasteiger partial charge in [-0.3, -0.25) is 0 Å².